The molecular formula is C17H19ClF3N3. The van der Waals surface area contributed by atoms with Gasteiger partial charge in [-0.3, -0.25) is 0 Å². The van der Waals surface area contributed by atoms with Gasteiger partial charge in [0.25, 0.3) is 0 Å². The van der Waals surface area contributed by atoms with Gasteiger partial charge in [-0.25, -0.2) is 0 Å². The molecule has 0 saturated carbocycles. The number of nitrogens with zero attached hydrogens (tertiary/aromatic N) is 1. The van der Waals surface area contributed by atoms with Crippen LogP contribution >= 0.6 is 11.6 Å². The molecule has 1 fully saturated rings. The number of halogens is 4. The summed E-state index contributed by atoms with van der Waals surface area (Å²) in [7, 11) is 0. The molecule has 0 aromatic heterocycles. The zero-order chi connectivity index (χ0) is 17.5. The molecule has 3 nitrogen and oxygen atoms in total. The fourth-order valence-corrected chi connectivity index (χ4v) is 3.91. The topological polar surface area (TPSA) is 27.3 Å². The molecular weight excluding hydrogens is 339 g/mol. The third-order valence-electron chi connectivity index (χ3n) is 4.68. The van der Waals surface area contributed by atoms with Crippen LogP contribution in [0.15, 0.2) is 42.8 Å². The number of benzene rings is 1. The number of fused-ring (bicyclic) bond motifs is 2. The number of anilines is 1. The molecule has 7 heteroatoms. The van der Waals surface area contributed by atoms with E-state index in [0.717, 1.165) is 36.5 Å². The molecule has 1 spiro atoms. The lowest BCUT2D eigenvalue weighted by atomic mass is 9.79. The number of alkyl halides is 3. The SMILES string of the molecule is C=C(CN1C(=C)C2(CCNC2)c2c(Cl)cccc21)NCC(F)(F)F. The van der Waals surface area contributed by atoms with E-state index in [1.165, 1.54) is 0 Å². The summed E-state index contributed by atoms with van der Waals surface area (Å²) in [5.74, 6) is 0. The van der Waals surface area contributed by atoms with E-state index in [1.807, 2.05) is 23.1 Å². The van der Waals surface area contributed by atoms with Gasteiger partial charge in [0.05, 0.1) is 12.0 Å². The highest BCUT2D eigenvalue weighted by atomic mass is 35.5. The van der Waals surface area contributed by atoms with Gasteiger partial charge in [0, 0.05) is 34.2 Å². The van der Waals surface area contributed by atoms with Crippen molar-refractivity contribution in [2.45, 2.75) is 18.0 Å². The van der Waals surface area contributed by atoms with Gasteiger partial charge in [0.2, 0.25) is 0 Å². The van der Waals surface area contributed by atoms with Crippen LogP contribution in [-0.4, -0.2) is 32.4 Å². The van der Waals surface area contributed by atoms with Crippen molar-refractivity contribution in [2.24, 2.45) is 0 Å². The minimum absolute atomic E-state index is 0.226. The molecule has 2 aliphatic rings. The molecule has 1 saturated heterocycles. The van der Waals surface area contributed by atoms with Crippen LogP contribution in [-0.2, 0) is 5.41 Å². The van der Waals surface area contributed by atoms with E-state index in [9.17, 15) is 13.2 Å². The number of nitrogens with one attached hydrogen (secondary N) is 2. The Balaban J connectivity index is 1.86. The average molecular weight is 358 g/mol. The Hall–Kier alpha value is -1.66. The summed E-state index contributed by atoms with van der Waals surface area (Å²) in [5.41, 5.74) is 2.75. The van der Waals surface area contributed by atoms with Crippen molar-refractivity contribution in [1.29, 1.82) is 0 Å². The number of hydrogen-bond donors (Lipinski definition) is 2. The average Bonchev–Trinajstić information content (AvgIpc) is 3.06. The highest BCUT2D eigenvalue weighted by molar-refractivity contribution is 6.32. The zero-order valence-electron chi connectivity index (χ0n) is 13.1. The molecule has 2 heterocycles. The lowest BCUT2D eigenvalue weighted by Crippen LogP contribution is -2.36. The maximum atomic E-state index is 12.4. The molecule has 0 bridgehead atoms. The van der Waals surface area contributed by atoms with Gasteiger partial charge in [-0.1, -0.05) is 30.8 Å². The highest BCUT2D eigenvalue weighted by Crippen LogP contribution is 2.53. The Morgan fingerprint density at radius 1 is 1.42 bits per heavy atom. The summed E-state index contributed by atoms with van der Waals surface area (Å²) >= 11 is 6.45. The smallest absolute Gasteiger partial charge is 0.379 e. The largest absolute Gasteiger partial charge is 0.405 e. The first-order valence-corrected chi connectivity index (χ1v) is 8.07. The van der Waals surface area contributed by atoms with Crippen molar-refractivity contribution >= 4 is 17.3 Å². The first-order valence-electron chi connectivity index (χ1n) is 7.70. The van der Waals surface area contributed by atoms with Crippen LogP contribution in [0, 0.1) is 0 Å². The Morgan fingerprint density at radius 3 is 2.79 bits per heavy atom. The summed E-state index contributed by atoms with van der Waals surface area (Å²) in [6, 6.07) is 5.61. The monoisotopic (exact) mass is 357 g/mol. The molecule has 0 amide bonds. The molecule has 2 aliphatic heterocycles. The van der Waals surface area contributed by atoms with E-state index in [2.05, 4.69) is 23.8 Å². The molecule has 24 heavy (non-hydrogen) atoms. The van der Waals surface area contributed by atoms with Crippen molar-refractivity contribution in [1.82, 2.24) is 10.6 Å². The molecule has 1 aromatic carbocycles. The van der Waals surface area contributed by atoms with Gasteiger partial charge in [-0.15, -0.1) is 0 Å². The van der Waals surface area contributed by atoms with Crippen LogP contribution in [0.25, 0.3) is 0 Å². The predicted molar refractivity (Wildman–Crippen MR) is 90.3 cm³/mol. The fraction of sp³-hybridized carbons (Fsp3) is 0.412. The van der Waals surface area contributed by atoms with Crippen LogP contribution in [0.2, 0.25) is 5.02 Å². The first-order chi connectivity index (χ1) is 11.2. The van der Waals surface area contributed by atoms with Gasteiger partial charge in [-0.05, 0) is 25.1 Å². The first kappa shape index (κ1) is 17.2. The second kappa shape index (κ2) is 6.01. The standard InChI is InChI=1S/C17H19ClF3N3/c1-11(23-10-17(19,20)21)8-24-12(2)16(6-7-22-9-16)15-13(18)4-3-5-14(15)24/h3-5,22-23H,1-2,6-10H2. The van der Waals surface area contributed by atoms with Crippen molar-refractivity contribution in [3.63, 3.8) is 0 Å². The Kier molecular flexibility index (Phi) is 4.30. The van der Waals surface area contributed by atoms with E-state index in [4.69, 9.17) is 11.6 Å². The molecule has 1 aromatic rings. The number of hydrogen-bond acceptors (Lipinski definition) is 3. The summed E-state index contributed by atoms with van der Waals surface area (Å²) < 4.78 is 37.1. The van der Waals surface area contributed by atoms with Crippen molar-refractivity contribution < 1.29 is 13.2 Å². The van der Waals surface area contributed by atoms with E-state index >= 15 is 0 Å². The molecule has 130 valence electrons. The third-order valence-corrected chi connectivity index (χ3v) is 5.00. The van der Waals surface area contributed by atoms with Gasteiger partial charge in [-0.2, -0.15) is 13.2 Å². The maximum Gasteiger partial charge on any atom is 0.405 e. The van der Waals surface area contributed by atoms with Crippen molar-refractivity contribution in [2.75, 3.05) is 31.1 Å². The lowest BCUT2D eigenvalue weighted by Gasteiger charge is -2.29. The van der Waals surface area contributed by atoms with Crippen LogP contribution < -0.4 is 15.5 Å². The third kappa shape index (κ3) is 2.89. The molecule has 2 N–H and O–H groups in total. The van der Waals surface area contributed by atoms with E-state index in [-0.39, 0.29) is 12.0 Å². The fourth-order valence-electron chi connectivity index (χ4n) is 3.56. The summed E-state index contributed by atoms with van der Waals surface area (Å²) in [6.07, 6.45) is -3.41. The molecule has 0 radical (unpaired) electrons. The molecule has 3 rings (SSSR count). The molecule has 1 atom stereocenters. The maximum absolute atomic E-state index is 12.4. The van der Waals surface area contributed by atoms with Crippen LogP contribution in [0.5, 0.6) is 0 Å². The second-order valence-corrected chi connectivity index (χ2v) is 6.66. The summed E-state index contributed by atoms with van der Waals surface area (Å²) in [6.45, 7) is 8.65. The molecule has 0 aliphatic carbocycles. The highest BCUT2D eigenvalue weighted by Gasteiger charge is 2.49. The summed E-state index contributed by atoms with van der Waals surface area (Å²) in [5, 5.41) is 6.34. The normalized spacial score (nSPS) is 23.0. The van der Waals surface area contributed by atoms with Crippen LogP contribution in [0.3, 0.4) is 0 Å². The molecule has 1 unspecified atom stereocenters. The van der Waals surface area contributed by atoms with Crippen molar-refractivity contribution in [3.8, 4) is 0 Å². The minimum atomic E-state index is -4.28. The number of rotatable bonds is 4. The van der Waals surface area contributed by atoms with E-state index in [0.29, 0.717) is 10.7 Å². The Morgan fingerprint density at radius 2 is 2.17 bits per heavy atom. The van der Waals surface area contributed by atoms with Crippen LogP contribution in [0.4, 0.5) is 18.9 Å². The van der Waals surface area contributed by atoms with E-state index in [1.54, 1.807) is 0 Å². The minimum Gasteiger partial charge on any atom is -0.379 e. The second-order valence-electron chi connectivity index (χ2n) is 6.25. The Bertz CT molecular complexity index is 678. The zero-order valence-corrected chi connectivity index (χ0v) is 13.9. The Labute approximate surface area is 144 Å². The van der Waals surface area contributed by atoms with Crippen molar-refractivity contribution in [3.05, 3.63) is 53.3 Å². The predicted octanol–water partition coefficient (Wildman–Crippen LogP) is 3.57. The van der Waals surface area contributed by atoms with E-state index < -0.39 is 12.7 Å². The van der Waals surface area contributed by atoms with Gasteiger partial charge < -0.3 is 15.5 Å². The quantitative estimate of drug-likeness (QED) is 0.862. The summed E-state index contributed by atoms with van der Waals surface area (Å²) in [4.78, 5) is 1.92. The van der Waals surface area contributed by atoms with Gasteiger partial charge >= 0.3 is 6.18 Å². The van der Waals surface area contributed by atoms with Gasteiger partial charge in [0.15, 0.2) is 0 Å². The van der Waals surface area contributed by atoms with Crippen LogP contribution in [0.1, 0.15) is 12.0 Å². The lowest BCUT2D eigenvalue weighted by molar-refractivity contribution is -0.123. The van der Waals surface area contributed by atoms with Gasteiger partial charge in [0.1, 0.15) is 6.54 Å².